The van der Waals surface area contributed by atoms with Crippen LogP contribution in [0.3, 0.4) is 0 Å². The smallest absolute Gasteiger partial charge is 0.250 e. The van der Waals surface area contributed by atoms with Crippen molar-refractivity contribution in [1.29, 1.82) is 0 Å². The van der Waals surface area contributed by atoms with Gasteiger partial charge in [0.15, 0.2) is 0 Å². The van der Waals surface area contributed by atoms with E-state index in [-0.39, 0.29) is 11.7 Å². The number of halogens is 1. The zero-order valence-corrected chi connectivity index (χ0v) is 8.79. The minimum atomic E-state index is -3.40. The standard InChI is InChI=1S/C6H9ClN4O2S/c7-2-1-5-14(12,13)11-6-8-3-4-9-10-6/h3-4H,1-2,5H2,(H,8,10,11). The normalized spacial score (nSPS) is 11.2. The van der Waals surface area contributed by atoms with Crippen molar-refractivity contribution in [3.63, 3.8) is 0 Å². The molecule has 1 N–H and O–H groups in total. The van der Waals surface area contributed by atoms with E-state index in [1.807, 2.05) is 0 Å². The van der Waals surface area contributed by atoms with Crippen LogP contribution in [0.15, 0.2) is 12.4 Å². The summed E-state index contributed by atoms with van der Waals surface area (Å²) in [7, 11) is -3.40. The number of hydrogen-bond donors (Lipinski definition) is 1. The first-order valence-electron chi connectivity index (χ1n) is 3.84. The lowest BCUT2D eigenvalue weighted by atomic mass is 10.6. The molecule has 0 fully saturated rings. The van der Waals surface area contributed by atoms with E-state index in [2.05, 4.69) is 19.9 Å². The first-order valence-corrected chi connectivity index (χ1v) is 6.03. The lowest BCUT2D eigenvalue weighted by Gasteiger charge is -2.03. The third kappa shape index (κ3) is 3.84. The van der Waals surface area contributed by atoms with Gasteiger partial charge in [0.25, 0.3) is 5.95 Å². The van der Waals surface area contributed by atoms with Crippen LogP contribution in [-0.2, 0) is 10.0 Å². The Balaban J connectivity index is 2.60. The molecule has 1 aromatic heterocycles. The van der Waals surface area contributed by atoms with E-state index < -0.39 is 10.0 Å². The highest BCUT2D eigenvalue weighted by molar-refractivity contribution is 7.92. The lowest BCUT2D eigenvalue weighted by molar-refractivity contribution is 0.599. The van der Waals surface area contributed by atoms with Gasteiger partial charge in [-0.3, -0.25) is 0 Å². The number of nitrogens with zero attached hydrogens (tertiary/aromatic N) is 3. The average molecular weight is 237 g/mol. The highest BCUT2D eigenvalue weighted by Gasteiger charge is 2.10. The van der Waals surface area contributed by atoms with E-state index in [0.717, 1.165) is 0 Å². The van der Waals surface area contributed by atoms with Gasteiger partial charge in [-0.2, -0.15) is 5.10 Å². The number of hydrogen-bond acceptors (Lipinski definition) is 5. The molecular weight excluding hydrogens is 228 g/mol. The Labute approximate surface area is 86.8 Å². The van der Waals surface area contributed by atoms with Gasteiger partial charge >= 0.3 is 0 Å². The van der Waals surface area contributed by atoms with E-state index >= 15 is 0 Å². The molecule has 1 heterocycles. The number of sulfonamides is 1. The maximum absolute atomic E-state index is 11.3. The zero-order valence-electron chi connectivity index (χ0n) is 7.22. The molecule has 14 heavy (non-hydrogen) atoms. The van der Waals surface area contributed by atoms with Crippen LogP contribution < -0.4 is 4.72 Å². The molecule has 0 unspecified atom stereocenters. The van der Waals surface area contributed by atoms with Crippen LogP contribution in [0.1, 0.15) is 6.42 Å². The third-order valence-corrected chi connectivity index (χ3v) is 2.86. The van der Waals surface area contributed by atoms with Crippen LogP contribution in [0.2, 0.25) is 0 Å². The molecule has 1 aromatic rings. The fourth-order valence-corrected chi connectivity index (χ4v) is 2.02. The molecular formula is C6H9ClN4O2S. The Morgan fingerprint density at radius 1 is 1.43 bits per heavy atom. The van der Waals surface area contributed by atoms with Gasteiger partial charge in [-0.05, 0) is 6.42 Å². The summed E-state index contributed by atoms with van der Waals surface area (Å²) in [6.07, 6.45) is 3.10. The van der Waals surface area contributed by atoms with E-state index in [4.69, 9.17) is 11.6 Å². The molecule has 0 aliphatic carbocycles. The molecule has 0 atom stereocenters. The quantitative estimate of drug-likeness (QED) is 0.741. The molecule has 0 aromatic carbocycles. The second kappa shape index (κ2) is 5.06. The predicted octanol–water partition coefficient (Wildman–Crippen LogP) is 0.242. The minimum Gasteiger partial charge on any atom is -0.250 e. The SMILES string of the molecule is O=S(=O)(CCCCl)Nc1nccnn1. The number of anilines is 1. The van der Waals surface area contributed by atoms with Gasteiger partial charge in [0.05, 0.1) is 18.1 Å². The molecule has 0 bridgehead atoms. The zero-order chi connectivity index (χ0) is 10.4. The summed E-state index contributed by atoms with van der Waals surface area (Å²) < 4.78 is 24.7. The van der Waals surface area contributed by atoms with E-state index in [0.29, 0.717) is 12.3 Å². The van der Waals surface area contributed by atoms with Crippen LogP contribution in [-0.4, -0.2) is 35.2 Å². The number of nitrogens with one attached hydrogen (secondary N) is 1. The Kier molecular flexibility index (Phi) is 4.02. The predicted molar refractivity (Wildman–Crippen MR) is 52.6 cm³/mol. The van der Waals surface area contributed by atoms with Crippen LogP contribution in [0.5, 0.6) is 0 Å². The topological polar surface area (TPSA) is 84.8 Å². The first kappa shape index (κ1) is 11.1. The highest BCUT2D eigenvalue weighted by atomic mass is 35.5. The second-order valence-corrected chi connectivity index (χ2v) is 4.65. The molecule has 0 spiro atoms. The van der Waals surface area contributed by atoms with Crippen molar-refractivity contribution in [2.24, 2.45) is 0 Å². The van der Waals surface area contributed by atoms with Gasteiger partial charge < -0.3 is 0 Å². The van der Waals surface area contributed by atoms with Crippen LogP contribution in [0.4, 0.5) is 5.95 Å². The Hall–Kier alpha value is -0.950. The minimum absolute atomic E-state index is 0.0259. The Morgan fingerprint density at radius 2 is 2.21 bits per heavy atom. The van der Waals surface area contributed by atoms with Gasteiger partial charge in [-0.25, -0.2) is 18.1 Å². The van der Waals surface area contributed by atoms with Gasteiger partial charge in [0.1, 0.15) is 0 Å². The fourth-order valence-electron chi connectivity index (χ4n) is 0.729. The van der Waals surface area contributed by atoms with Crippen molar-refractivity contribution in [3.05, 3.63) is 12.4 Å². The van der Waals surface area contributed by atoms with E-state index in [1.54, 1.807) is 0 Å². The largest absolute Gasteiger partial charge is 0.256 e. The van der Waals surface area contributed by atoms with E-state index in [9.17, 15) is 8.42 Å². The van der Waals surface area contributed by atoms with Crippen molar-refractivity contribution < 1.29 is 8.42 Å². The maximum Gasteiger partial charge on any atom is 0.256 e. The third-order valence-electron chi connectivity index (χ3n) is 1.28. The van der Waals surface area contributed by atoms with Crippen molar-refractivity contribution in [2.45, 2.75) is 6.42 Å². The van der Waals surface area contributed by atoms with Gasteiger partial charge in [0, 0.05) is 5.88 Å². The van der Waals surface area contributed by atoms with Crippen LogP contribution >= 0.6 is 11.6 Å². The van der Waals surface area contributed by atoms with Crippen LogP contribution in [0, 0.1) is 0 Å². The van der Waals surface area contributed by atoms with E-state index in [1.165, 1.54) is 12.4 Å². The van der Waals surface area contributed by atoms with Crippen molar-refractivity contribution in [2.75, 3.05) is 16.4 Å². The number of aromatic nitrogens is 3. The summed E-state index contributed by atoms with van der Waals surface area (Å²) in [5, 5.41) is 6.97. The molecule has 8 heteroatoms. The van der Waals surface area contributed by atoms with Crippen molar-refractivity contribution in [1.82, 2.24) is 15.2 Å². The van der Waals surface area contributed by atoms with Gasteiger partial charge in [-0.1, -0.05) is 0 Å². The monoisotopic (exact) mass is 236 g/mol. The molecule has 0 radical (unpaired) electrons. The summed E-state index contributed by atoms with van der Waals surface area (Å²) >= 11 is 5.37. The summed E-state index contributed by atoms with van der Waals surface area (Å²) in [5.41, 5.74) is 0. The summed E-state index contributed by atoms with van der Waals surface area (Å²) in [6, 6.07) is 0. The fraction of sp³-hybridized carbons (Fsp3) is 0.500. The average Bonchev–Trinajstić information content (AvgIpc) is 2.16. The molecule has 0 saturated heterocycles. The van der Waals surface area contributed by atoms with Gasteiger partial charge in [0.2, 0.25) is 10.0 Å². The molecule has 1 rings (SSSR count). The number of rotatable bonds is 5. The first-order chi connectivity index (χ1) is 6.64. The van der Waals surface area contributed by atoms with Crippen molar-refractivity contribution in [3.8, 4) is 0 Å². The summed E-state index contributed by atoms with van der Waals surface area (Å²) in [4.78, 5) is 3.68. The number of alkyl halides is 1. The second-order valence-electron chi connectivity index (χ2n) is 2.43. The lowest BCUT2D eigenvalue weighted by Crippen LogP contribution is -2.18. The molecule has 78 valence electrons. The highest BCUT2D eigenvalue weighted by Crippen LogP contribution is 2.00. The molecule has 0 amide bonds. The summed E-state index contributed by atoms with van der Waals surface area (Å²) in [5.74, 6) is 0.228. The molecule has 0 aliphatic heterocycles. The summed E-state index contributed by atoms with van der Waals surface area (Å²) in [6.45, 7) is 0. The van der Waals surface area contributed by atoms with Crippen molar-refractivity contribution >= 4 is 27.6 Å². The maximum atomic E-state index is 11.3. The molecule has 0 saturated carbocycles. The van der Waals surface area contributed by atoms with Gasteiger partial charge in [-0.15, -0.1) is 16.7 Å². The Morgan fingerprint density at radius 3 is 2.79 bits per heavy atom. The van der Waals surface area contributed by atoms with Crippen LogP contribution in [0.25, 0.3) is 0 Å². The molecule has 0 aliphatic rings. The molecule has 6 nitrogen and oxygen atoms in total. The Bertz CT molecular complexity index is 369.